The van der Waals surface area contributed by atoms with Crippen LogP contribution in [0.1, 0.15) is 5.89 Å². The van der Waals surface area contributed by atoms with Gasteiger partial charge in [-0.25, -0.2) is 13.1 Å². The van der Waals surface area contributed by atoms with E-state index in [1.165, 1.54) is 39.5 Å². The minimum absolute atomic E-state index is 0.0827. The third kappa shape index (κ3) is 4.61. The number of ether oxygens (including phenoxy) is 3. The number of nitrogens with one attached hydrogen (secondary N) is 1. The largest absolute Gasteiger partial charge is 0.495 e. The van der Waals surface area contributed by atoms with Crippen LogP contribution in [0.4, 0.5) is 0 Å². The molecule has 9 nitrogen and oxygen atoms in total. The molecule has 154 valence electrons. The summed E-state index contributed by atoms with van der Waals surface area (Å²) in [7, 11) is 0.497. The summed E-state index contributed by atoms with van der Waals surface area (Å²) in [5, 5.41) is 4.14. The van der Waals surface area contributed by atoms with Crippen LogP contribution in [0.5, 0.6) is 17.2 Å². The fraction of sp³-hybridized carbons (Fsp3) is 0.222. The molecule has 0 fully saturated rings. The monoisotopic (exact) mass is 439 g/mol. The Morgan fingerprint density at radius 3 is 2.38 bits per heavy atom. The van der Waals surface area contributed by atoms with Crippen molar-refractivity contribution in [1.82, 2.24) is 14.9 Å². The first-order valence-electron chi connectivity index (χ1n) is 8.26. The maximum Gasteiger partial charge on any atom is 0.244 e. The van der Waals surface area contributed by atoms with Crippen molar-refractivity contribution in [2.75, 3.05) is 21.3 Å². The molecule has 0 amide bonds. The van der Waals surface area contributed by atoms with Crippen molar-refractivity contribution >= 4 is 21.6 Å². The minimum atomic E-state index is -3.92. The van der Waals surface area contributed by atoms with Gasteiger partial charge in [-0.1, -0.05) is 16.8 Å². The van der Waals surface area contributed by atoms with Crippen LogP contribution >= 0.6 is 11.6 Å². The second-order valence-electron chi connectivity index (χ2n) is 5.70. The smallest absolute Gasteiger partial charge is 0.244 e. The summed E-state index contributed by atoms with van der Waals surface area (Å²) in [6.45, 7) is -0.210. The number of nitrogens with zero attached hydrogens (tertiary/aromatic N) is 2. The topological polar surface area (TPSA) is 113 Å². The van der Waals surface area contributed by atoms with E-state index in [1.54, 1.807) is 18.2 Å². The molecule has 1 aromatic heterocycles. The maximum atomic E-state index is 12.6. The molecule has 3 rings (SSSR count). The average molecular weight is 440 g/mol. The standard InChI is InChI=1S/C18H18ClN3O6S/c1-25-13-6-4-11(8-15(13)27-3)18-21-17(28-22-18)10-20-29(23,24)16-9-12(19)5-7-14(16)26-2/h4-9,20H,10H2,1-3H3. The normalized spacial score (nSPS) is 11.3. The average Bonchev–Trinajstić information content (AvgIpc) is 3.21. The van der Waals surface area contributed by atoms with Crippen molar-refractivity contribution < 1.29 is 27.2 Å². The summed E-state index contributed by atoms with van der Waals surface area (Å²) in [6, 6.07) is 9.43. The van der Waals surface area contributed by atoms with E-state index in [4.69, 9.17) is 30.3 Å². The SMILES string of the molecule is COc1ccc(-c2noc(CNS(=O)(=O)c3cc(Cl)ccc3OC)n2)cc1OC. The molecule has 0 bridgehead atoms. The second-order valence-corrected chi connectivity index (χ2v) is 7.87. The van der Waals surface area contributed by atoms with Gasteiger partial charge in [-0.3, -0.25) is 0 Å². The zero-order valence-electron chi connectivity index (χ0n) is 15.8. The number of methoxy groups -OCH3 is 3. The minimum Gasteiger partial charge on any atom is -0.495 e. The molecule has 0 aliphatic carbocycles. The predicted octanol–water partition coefficient (Wildman–Crippen LogP) is 2.89. The van der Waals surface area contributed by atoms with Crippen LogP contribution < -0.4 is 18.9 Å². The lowest BCUT2D eigenvalue weighted by molar-refractivity contribution is 0.355. The Hall–Kier alpha value is -2.82. The van der Waals surface area contributed by atoms with Gasteiger partial charge >= 0.3 is 0 Å². The molecule has 0 saturated heterocycles. The van der Waals surface area contributed by atoms with Gasteiger partial charge in [0.2, 0.25) is 21.7 Å². The Balaban J connectivity index is 1.78. The number of sulfonamides is 1. The molecule has 0 radical (unpaired) electrons. The number of hydrogen-bond acceptors (Lipinski definition) is 8. The number of aromatic nitrogens is 2. The van der Waals surface area contributed by atoms with E-state index in [-0.39, 0.29) is 33.9 Å². The van der Waals surface area contributed by atoms with Gasteiger partial charge in [0.15, 0.2) is 11.5 Å². The first-order chi connectivity index (χ1) is 13.9. The third-order valence-corrected chi connectivity index (χ3v) is 5.60. The van der Waals surface area contributed by atoms with Gasteiger partial charge in [0.1, 0.15) is 10.6 Å². The van der Waals surface area contributed by atoms with Crippen molar-refractivity contribution in [2.45, 2.75) is 11.4 Å². The highest BCUT2D eigenvalue weighted by Crippen LogP contribution is 2.31. The van der Waals surface area contributed by atoms with Crippen molar-refractivity contribution in [3.05, 3.63) is 47.3 Å². The van der Waals surface area contributed by atoms with Crippen LogP contribution in [0.15, 0.2) is 45.8 Å². The lowest BCUT2D eigenvalue weighted by Crippen LogP contribution is -2.24. The molecule has 11 heteroatoms. The Bertz CT molecular complexity index is 1120. The molecule has 0 spiro atoms. The highest BCUT2D eigenvalue weighted by atomic mass is 35.5. The Labute approximate surface area is 172 Å². The molecule has 2 aromatic carbocycles. The molecular formula is C18H18ClN3O6S. The van der Waals surface area contributed by atoms with E-state index in [2.05, 4.69) is 14.9 Å². The summed E-state index contributed by atoms with van der Waals surface area (Å²) >= 11 is 5.91. The lowest BCUT2D eigenvalue weighted by atomic mass is 10.2. The van der Waals surface area contributed by atoms with Gasteiger partial charge in [-0.05, 0) is 36.4 Å². The van der Waals surface area contributed by atoms with Crippen LogP contribution in [0.25, 0.3) is 11.4 Å². The van der Waals surface area contributed by atoms with E-state index in [9.17, 15) is 8.42 Å². The zero-order chi connectivity index (χ0) is 21.0. The number of halogens is 1. The van der Waals surface area contributed by atoms with E-state index in [0.717, 1.165) is 0 Å². The summed E-state index contributed by atoms with van der Waals surface area (Å²) in [5.74, 6) is 1.59. The number of hydrogen-bond donors (Lipinski definition) is 1. The van der Waals surface area contributed by atoms with E-state index >= 15 is 0 Å². The molecule has 0 saturated carbocycles. The quantitative estimate of drug-likeness (QED) is 0.570. The molecule has 0 aliphatic heterocycles. The van der Waals surface area contributed by atoms with Gasteiger partial charge in [-0.2, -0.15) is 4.98 Å². The number of rotatable bonds is 8. The van der Waals surface area contributed by atoms with Crippen LogP contribution in [-0.2, 0) is 16.6 Å². The van der Waals surface area contributed by atoms with Crippen LogP contribution in [0.3, 0.4) is 0 Å². The van der Waals surface area contributed by atoms with Crippen molar-refractivity contribution in [3.8, 4) is 28.6 Å². The Kier molecular flexibility index (Phi) is 6.26. The van der Waals surface area contributed by atoms with Gasteiger partial charge in [0, 0.05) is 10.6 Å². The van der Waals surface area contributed by atoms with Crippen molar-refractivity contribution in [1.29, 1.82) is 0 Å². The fourth-order valence-electron chi connectivity index (χ4n) is 2.51. The first kappa shape index (κ1) is 20.9. The van der Waals surface area contributed by atoms with Crippen molar-refractivity contribution in [3.63, 3.8) is 0 Å². The second kappa shape index (κ2) is 8.68. The molecule has 0 atom stereocenters. The van der Waals surface area contributed by atoms with Crippen LogP contribution in [-0.4, -0.2) is 39.9 Å². The molecular weight excluding hydrogens is 422 g/mol. The highest BCUT2D eigenvalue weighted by Gasteiger charge is 2.21. The van der Waals surface area contributed by atoms with E-state index in [0.29, 0.717) is 17.1 Å². The molecule has 3 aromatic rings. The van der Waals surface area contributed by atoms with Gasteiger partial charge in [-0.15, -0.1) is 0 Å². The highest BCUT2D eigenvalue weighted by molar-refractivity contribution is 7.89. The summed E-state index contributed by atoms with van der Waals surface area (Å²) < 4.78 is 48.3. The Morgan fingerprint density at radius 2 is 1.69 bits per heavy atom. The molecule has 0 aliphatic rings. The van der Waals surface area contributed by atoms with Gasteiger partial charge in [0.05, 0.1) is 27.9 Å². The first-order valence-corrected chi connectivity index (χ1v) is 10.1. The van der Waals surface area contributed by atoms with Crippen LogP contribution in [0, 0.1) is 0 Å². The summed E-state index contributed by atoms with van der Waals surface area (Å²) in [6.07, 6.45) is 0. The van der Waals surface area contributed by atoms with Gasteiger partial charge < -0.3 is 18.7 Å². The molecule has 1 heterocycles. The van der Waals surface area contributed by atoms with Gasteiger partial charge in [0.25, 0.3) is 0 Å². The predicted molar refractivity (Wildman–Crippen MR) is 105 cm³/mol. The van der Waals surface area contributed by atoms with E-state index in [1.807, 2.05) is 0 Å². The lowest BCUT2D eigenvalue weighted by Gasteiger charge is -2.10. The van der Waals surface area contributed by atoms with Crippen LogP contribution in [0.2, 0.25) is 5.02 Å². The maximum absolute atomic E-state index is 12.6. The summed E-state index contributed by atoms with van der Waals surface area (Å²) in [5.41, 5.74) is 0.622. The van der Waals surface area contributed by atoms with E-state index < -0.39 is 10.0 Å². The third-order valence-electron chi connectivity index (χ3n) is 3.94. The van der Waals surface area contributed by atoms with Crippen molar-refractivity contribution in [2.24, 2.45) is 0 Å². The molecule has 0 unspecified atom stereocenters. The zero-order valence-corrected chi connectivity index (χ0v) is 17.4. The molecule has 1 N–H and O–H groups in total. The Morgan fingerprint density at radius 1 is 1.00 bits per heavy atom. The number of benzene rings is 2. The molecule has 29 heavy (non-hydrogen) atoms. The fourth-order valence-corrected chi connectivity index (χ4v) is 3.92. The summed E-state index contributed by atoms with van der Waals surface area (Å²) in [4.78, 5) is 4.12.